The van der Waals surface area contributed by atoms with Crippen molar-refractivity contribution >= 4 is 57.3 Å². The summed E-state index contributed by atoms with van der Waals surface area (Å²) in [6.45, 7) is 2.68. The second kappa shape index (κ2) is 12.7. The van der Waals surface area contributed by atoms with Crippen LogP contribution in [0.1, 0.15) is 42.5 Å². The van der Waals surface area contributed by atoms with E-state index in [-0.39, 0.29) is 16.5 Å². The van der Waals surface area contributed by atoms with E-state index in [1.807, 2.05) is 30.3 Å². The summed E-state index contributed by atoms with van der Waals surface area (Å²) in [7, 11) is 0. The number of nitrogens with zero attached hydrogens (tertiary/aromatic N) is 3. The van der Waals surface area contributed by atoms with Gasteiger partial charge in [0.2, 0.25) is 5.13 Å². The molecule has 0 saturated carbocycles. The first-order chi connectivity index (χ1) is 19.5. The fourth-order valence-corrected chi connectivity index (χ4v) is 6.32. The van der Waals surface area contributed by atoms with E-state index < -0.39 is 17.7 Å². The minimum atomic E-state index is -0.931. The van der Waals surface area contributed by atoms with Crippen molar-refractivity contribution in [2.24, 2.45) is 0 Å². The molecule has 4 aromatic rings. The van der Waals surface area contributed by atoms with Crippen molar-refractivity contribution in [2.45, 2.75) is 35.9 Å². The zero-order chi connectivity index (χ0) is 28.1. The van der Waals surface area contributed by atoms with Crippen molar-refractivity contribution in [2.75, 3.05) is 11.5 Å². The SMILES string of the molecule is CCCCOc1ccc(C(O)=C2C(=O)C(=O)N(c3nnc(SCc4ccccc4)s3)[C@H]2c2cccc(Cl)c2)cc1. The van der Waals surface area contributed by atoms with Crippen LogP contribution in [0.25, 0.3) is 5.76 Å². The number of amides is 1. The number of carbonyl (C=O) groups is 2. The lowest BCUT2D eigenvalue weighted by Gasteiger charge is -2.22. The van der Waals surface area contributed by atoms with E-state index in [2.05, 4.69) is 17.1 Å². The predicted octanol–water partition coefficient (Wildman–Crippen LogP) is 7.29. The van der Waals surface area contributed by atoms with Gasteiger partial charge in [-0.1, -0.05) is 90.5 Å². The molecular formula is C30H26ClN3O4S2. The molecule has 1 aromatic heterocycles. The Morgan fingerprint density at radius 1 is 1.05 bits per heavy atom. The molecule has 1 aliphatic heterocycles. The molecule has 1 fully saturated rings. The smallest absolute Gasteiger partial charge is 0.301 e. The molecule has 1 atom stereocenters. The summed E-state index contributed by atoms with van der Waals surface area (Å²) in [5.41, 5.74) is 2.05. The third-order valence-electron chi connectivity index (χ3n) is 6.31. The number of aliphatic hydroxyl groups excluding tert-OH is 1. The molecule has 1 aliphatic rings. The zero-order valence-electron chi connectivity index (χ0n) is 21.6. The summed E-state index contributed by atoms with van der Waals surface area (Å²) in [6.07, 6.45) is 1.95. The van der Waals surface area contributed by atoms with Crippen LogP contribution in [-0.4, -0.2) is 33.6 Å². The maximum Gasteiger partial charge on any atom is 0.301 e. The third-order valence-corrected chi connectivity index (χ3v) is 8.67. The van der Waals surface area contributed by atoms with Crippen LogP contribution in [0.2, 0.25) is 5.02 Å². The number of unbranched alkanes of at least 4 members (excludes halogenated alkanes) is 1. The largest absolute Gasteiger partial charge is 0.507 e. The average Bonchev–Trinajstić information content (AvgIpc) is 3.54. The lowest BCUT2D eigenvalue weighted by Crippen LogP contribution is -2.29. The van der Waals surface area contributed by atoms with Crippen molar-refractivity contribution < 1.29 is 19.4 Å². The van der Waals surface area contributed by atoms with E-state index in [1.165, 1.54) is 28.0 Å². The number of ether oxygens (including phenoxy) is 1. The molecule has 3 aromatic carbocycles. The molecule has 10 heteroatoms. The molecule has 0 radical (unpaired) electrons. The van der Waals surface area contributed by atoms with Gasteiger partial charge < -0.3 is 9.84 Å². The minimum Gasteiger partial charge on any atom is -0.507 e. The van der Waals surface area contributed by atoms with Crippen LogP contribution < -0.4 is 9.64 Å². The van der Waals surface area contributed by atoms with Crippen LogP contribution in [0.15, 0.2) is 88.8 Å². The second-order valence-corrected chi connectivity index (χ2v) is 11.7. The van der Waals surface area contributed by atoms with Crippen molar-refractivity contribution in [3.63, 3.8) is 0 Å². The molecule has 5 rings (SSSR count). The van der Waals surface area contributed by atoms with Gasteiger partial charge in [-0.05, 0) is 53.9 Å². The van der Waals surface area contributed by atoms with Crippen molar-refractivity contribution in [1.82, 2.24) is 10.2 Å². The van der Waals surface area contributed by atoms with Gasteiger partial charge in [0.25, 0.3) is 5.78 Å². The summed E-state index contributed by atoms with van der Waals surface area (Å²) >= 11 is 9.01. The van der Waals surface area contributed by atoms with Gasteiger partial charge in [-0.25, -0.2) is 0 Å². The second-order valence-electron chi connectivity index (χ2n) is 9.08. The normalized spacial score (nSPS) is 16.4. The fraction of sp³-hybridized carbons (Fsp3) is 0.200. The quantitative estimate of drug-likeness (QED) is 0.0517. The van der Waals surface area contributed by atoms with Gasteiger partial charge in [-0.3, -0.25) is 14.5 Å². The molecule has 7 nitrogen and oxygen atoms in total. The first-order valence-corrected chi connectivity index (χ1v) is 14.9. The highest BCUT2D eigenvalue weighted by Gasteiger charge is 2.48. The Morgan fingerprint density at radius 2 is 1.82 bits per heavy atom. The summed E-state index contributed by atoms with van der Waals surface area (Å²) in [5.74, 6) is -0.536. The number of benzene rings is 3. The van der Waals surface area contributed by atoms with Gasteiger partial charge in [0, 0.05) is 16.3 Å². The number of rotatable bonds is 10. The van der Waals surface area contributed by atoms with Crippen molar-refractivity contribution in [3.8, 4) is 5.75 Å². The van der Waals surface area contributed by atoms with Crippen molar-refractivity contribution in [1.29, 1.82) is 0 Å². The minimum absolute atomic E-state index is 0.0411. The number of anilines is 1. The molecule has 40 heavy (non-hydrogen) atoms. The Morgan fingerprint density at radius 3 is 2.55 bits per heavy atom. The maximum atomic E-state index is 13.4. The molecular weight excluding hydrogens is 566 g/mol. The molecule has 0 aliphatic carbocycles. The number of hydrogen-bond acceptors (Lipinski definition) is 8. The third kappa shape index (κ3) is 6.06. The lowest BCUT2D eigenvalue weighted by molar-refractivity contribution is -0.132. The van der Waals surface area contributed by atoms with E-state index in [0.29, 0.717) is 38.6 Å². The monoisotopic (exact) mass is 591 g/mol. The fourth-order valence-electron chi connectivity index (χ4n) is 4.30. The molecule has 1 saturated heterocycles. The molecule has 0 bridgehead atoms. The molecule has 2 heterocycles. The van der Waals surface area contributed by atoms with E-state index in [0.717, 1.165) is 18.4 Å². The predicted molar refractivity (Wildman–Crippen MR) is 159 cm³/mol. The zero-order valence-corrected chi connectivity index (χ0v) is 24.0. The maximum absolute atomic E-state index is 13.4. The number of halogens is 1. The number of carbonyl (C=O) groups excluding carboxylic acids is 2. The van der Waals surface area contributed by atoms with Crippen LogP contribution >= 0.6 is 34.7 Å². The Bertz CT molecular complexity index is 1540. The Labute approximate surface area is 245 Å². The van der Waals surface area contributed by atoms with Gasteiger partial charge >= 0.3 is 5.91 Å². The van der Waals surface area contributed by atoms with Crippen LogP contribution in [0, 0.1) is 0 Å². The van der Waals surface area contributed by atoms with E-state index in [9.17, 15) is 14.7 Å². The van der Waals surface area contributed by atoms with Crippen LogP contribution in [-0.2, 0) is 15.3 Å². The first-order valence-electron chi connectivity index (χ1n) is 12.8. The van der Waals surface area contributed by atoms with E-state index in [1.54, 1.807) is 48.5 Å². The van der Waals surface area contributed by atoms with Gasteiger partial charge in [-0.2, -0.15) is 0 Å². The van der Waals surface area contributed by atoms with Gasteiger partial charge in [-0.15, -0.1) is 10.2 Å². The Balaban J connectivity index is 1.49. The highest BCUT2D eigenvalue weighted by Crippen LogP contribution is 2.44. The average molecular weight is 592 g/mol. The number of Topliss-reactive ketones (excluding diaryl/α,β-unsaturated/α-hetero) is 1. The first kappa shape index (κ1) is 27.9. The van der Waals surface area contributed by atoms with Crippen LogP contribution in [0.3, 0.4) is 0 Å². The number of aromatic nitrogens is 2. The van der Waals surface area contributed by atoms with Crippen LogP contribution in [0.4, 0.5) is 5.13 Å². The molecule has 0 unspecified atom stereocenters. The standard InChI is InChI=1S/C30H26ClN3O4S2/c1-2-3-16-38-23-14-12-20(13-15-23)26(35)24-25(21-10-7-11-22(31)17-21)34(28(37)27(24)36)29-32-33-30(40-29)39-18-19-8-5-4-6-9-19/h4-15,17,25,35H,2-3,16,18H2,1H3/t25-/m0/s1. The molecule has 204 valence electrons. The number of hydrogen-bond donors (Lipinski definition) is 1. The molecule has 1 N–H and O–H groups in total. The van der Waals surface area contributed by atoms with Gasteiger partial charge in [0.1, 0.15) is 11.5 Å². The molecule has 0 spiro atoms. The highest BCUT2D eigenvalue weighted by atomic mass is 35.5. The Hall–Kier alpha value is -3.66. The van der Waals surface area contributed by atoms with Crippen molar-refractivity contribution in [3.05, 3.63) is 106 Å². The Kier molecular flexibility index (Phi) is 8.84. The van der Waals surface area contributed by atoms with Gasteiger partial charge in [0.15, 0.2) is 4.34 Å². The molecule has 1 amide bonds. The van der Waals surface area contributed by atoms with Gasteiger partial charge in [0.05, 0.1) is 18.2 Å². The number of aliphatic hydroxyl groups is 1. The lowest BCUT2D eigenvalue weighted by atomic mass is 9.95. The highest BCUT2D eigenvalue weighted by molar-refractivity contribution is 8.00. The summed E-state index contributed by atoms with van der Waals surface area (Å²) in [5, 5.41) is 20.6. The van der Waals surface area contributed by atoms with Crippen LogP contribution in [0.5, 0.6) is 5.75 Å². The number of thioether (sulfide) groups is 1. The summed E-state index contributed by atoms with van der Waals surface area (Å²) in [6, 6.07) is 22.7. The van der Waals surface area contributed by atoms with E-state index >= 15 is 0 Å². The van der Waals surface area contributed by atoms with E-state index in [4.69, 9.17) is 16.3 Å². The summed E-state index contributed by atoms with van der Waals surface area (Å²) in [4.78, 5) is 28.1. The topological polar surface area (TPSA) is 92.6 Å². The number of ketones is 1. The summed E-state index contributed by atoms with van der Waals surface area (Å²) < 4.78 is 6.37.